The van der Waals surface area contributed by atoms with Crippen LogP contribution < -0.4 is 15.1 Å². The van der Waals surface area contributed by atoms with Gasteiger partial charge in [-0.25, -0.2) is 9.97 Å². The smallest absolute Gasteiger partial charge is 0.270 e. The lowest BCUT2D eigenvalue weighted by atomic mass is 10.2. The van der Waals surface area contributed by atoms with Crippen LogP contribution in [0.2, 0.25) is 0 Å². The Kier molecular flexibility index (Phi) is 6.01. The fourth-order valence-electron chi connectivity index (χ4n) is 3.02. The van der Waals surface area contributed by atoms with E-state index in [0.717, 1.165) is 32.0 Å². The molecule has 7 heteroatoms. The molecule has 0 aliphatic carbocycles. The normalized spacial score (nSPS) is 14.4. The van der Waals surface area contributed by atoms with Gasteiger partial charge in [0, 0.05) is 51.6 Å². The third-order valence-electron chi connectivity index (χ3n) is 4.45. The first-order valence-corrected chi connectivity index (χ1v) is 8.83. The van der Waals surface area contributed by atoms with E-state index < -0.39 is 0 Å². The zero-order valence-corrected chi connectivity index (χ0v) is 15.3. The Bertz CT molecular complexity index is 744. The van der Waals surface area contributed by atoms with Crippen molar-refractivity contribution in [3.63, 3.8) is 0 Å². The van der Waals surface area contributed by atoms with Crippen LogP contribution in [0.4, 0.5) is 11.5 Å². The summed E-state index contributed by atoms with van der Waals surface area (Å²) < 4.78 is 4.94. The minimum Gasteiger partial charge on any atom is -0.383 e. The van der Waals surface area contributed by atoms with E-state index >= 15 is 0 Å². The molecule has 0 bridgehead atoms. The summed E-state index contributed by atoms with van der Waals surface area (Å²) in [5.74, 6) is 0.588. The number of aromatic nitrogens is 2. The van der Waals surface area contributed by atoms with Crippen molar-refractivity contribution in [3.8, 4) is 0 Å². The second kappa shape index (κ2) is 8.62. The highest BCUT2D eigenvalue weighted by atomic mass is 16.5. The molecule has 2 heterocycles. The molecule has 1 aromatic carbocycles. The number of amides is 1. The molecule has 3 rings (SSSR count). The fourth-order valence-corrected chi connectivity index (χ4v) is 3.02. The Morgan fingerprint density at radius 3 is 2.65 bits per heavy atom. The topological polar surface area (TPSA) is 70.6 Å². The molecule has 2 aromatic rings. The van der Waals surface area contributed by atoms with Crippen molar-refractivity contribution in [3.05, 3.63) is 47.9 Å². The van der Waals surface area contributed by atoms with Crippen LogP contribution in [-0.2, 0) is 4.74 Å². The lowest BCUT2D eigenvalue weighted by molar-refractivity contribution is 0.0932. The second-order valence-corrected chi connectivity index (χ2v) is 6.32. The standard InChI is InChI=1S/C19H25N5O2/c1-15-4-3-5-16(12-15)23-7-9-24(10-8-23)18-13-17(21-14-22-18)19(25)20-6-11-26-2/h3-5,12-14H,6-11H2,1-2H3,(H,20,25). The summed E-state index contributed by atoms with van der Waals surface area (Å²) in [4.78, 5) is 25.1. The van der Waals surface area contributed by atoms with Crippen LogP contribution in [0.25, 0.3) is 0 Å². The van der Waals surface area contributed by atoms with Crippen LogP contribution in [0, 0.1) is 6.92 Å². The van der Waals surface area contributed by atoms with Crippen molar-refractivity contribution in [2.24, 2.45) is 0 Å². The fraction of sp³-hybridized carbons (Fsp3) is 0.421. The van der Waals surface area contributed by atoms with Gasteiger partial charge in [0.05, 0.1) is 6.61 Å². The Morgan fingerprint density at radius 1 is 1.15 bits per heavy atom. The first-order valence-electron chi connectivity index (χ1n) is 8.83. The van der Waals surface area contributed by atoms with Crippen molar-refractivity contribution in [1.82, 2.24) is 15.3 Å². The molecule has 1 saturated heterocycles. The number of nitrogens with zero attached hydrogens (tertiary/aromatic N) is 4. The molecular formula is C19H25N5O2. The first-order chi connectivity index (χ1) is 12.7. The molecule has 7 nitrogen and oxygen atoms in total. The predicted octanol–water partition coefficient (Wildman–Crippen LogP) is 1.49. The highest BCUT2D eigenvalue weighted by Gasteiger charge is 2.19. The van der Waals surface area contributed by atoms with Gasteiger partial charge < -0.3 is 19.9 Å². The SMILES string of the molecule is COCCNC(=O)c1cc(N2CCN(c3cccc(C)c3)CC2)ncn1. The van der Waals surface area contributed by atoms with Gasteiger partial charge in [0.1, 0.15) is 17.8 Å². The summed E-state index contributed by atoms with van der Waals surface area (Å²) in [6.07, 6.45) is 1.45. The average Bonchev–Trinajstić information content (AvgIpc) is 2.68. The molecule has 1 fully saturated rings. The Morgan fingerprint density at radius 2 is 1.92 bits per heavy atom. The van der Waals surface area contributed by atoms with E-state index in [2.05, 4.69) is 56.3 Å². The van der Waals surface area contributed by atoms with Gasteiger partial charge in [-0.2, -0.15) is 0 Å². The maximum Gasteiger partial charge on any atom is 0.270 e. The molecule has 138 valence electrons. The van der Waals surface area contributed by atoms with E-state index in [1.54, 1.807) is 13.2 Å². The number of methoxy groups -OCH3 is 1. The van der Waals surface area contributed by atoms with Crippen molar-refractivity contribution in [1.29, 1.82) is 0 Å². The van der Waals surface area contributed by atoms with Crippen LogP contribution in [0.5, 0.6) is 0 Å². The summed E-state index contributed by atoms with van der Waals surface area (Å²) in [7, 11) is 1.60. The monoisotopic (exact) mass is 355 g/mol. The molecule has 0 unspecified atom stereocenters. The van der Waals surface area contributed by atoms with E-state index in [0.29, 0.717) is 18.8 Å². The maximum atomic E-state index is 12.1. The number of rotatable bonds is 6. The molecule has 1 aliphatic rings. The van der Waals surface area contributed by atoms with Crippen molar-refractivity contribution in [2.45, 2.75) is 6.92 Å². The van der Waals surface area contributed by atoms with Crippen LogP contribution >= 0.6 is 0 Å². The molecule has 0 atom stereocenters. The van der Waals surface area contributed by atoms with Gasteiger partial charge in [-0.1, -0.05) is 12.1 Å². The van der Waals surface area contributed by atoms with Crippen LogP contribution in [-0.4, -0.2) is 62.3 Å². The number of hydrogen-bond acceptors (Lipinski definition) is 6. The number of ether oxygens (including phenoxy) is 1. The molecule has 1 N–H and O–H groups in total. The Hall–Kier alpha value is -2.67. The van der Waals surface area contributed by atoms with Gasteiger partial charge in [-0.05, 0) is 24.6 Å². The summed E-state index contributed by atoms with van der Waals surface area (Å²) in [6.45, 7) is 6.60. The average molecular weight is 355 g/mol. The summed E-state index contributed by atoms with van der Waals surface area (Å²) >= 11 is 0. The van der Waals surface area contributed by atoms with Gasteiger partial charge >= 0.3 is 0 Å². The Labute approximate surface area is 154 Å². The number of benzene rings is 1. The van der Waals surface area contributed by atoms with Crippen molar-refractivity contribution >= 4 is 17.4 Å². The van der Waals surface area contributed by atoms with E-state index in [9.17, 15) is 4.79 Å². The quantitative estimate of drug-likeness (QED) is 0.792. The van der Waals surface area contributed by atoms with E-state index in [-0.39, 0.29) is 5.91 Å². The highest BCUT2D eigenvalue weighted by Crippen LogP contribution is 2.20. The van der Waals surface area contributed by atoms with Crippen LogP contribution in [0.1, 0.15) is 16.1 Å². The molecular weight excluding hydrogens is 330 g/mol. The lowest BCUT2D eigenvalue weighted by Crippen LogP contribution is -2.47. The lowest BCUT2D eigenvalue weighted by Gasteiger charge is -2.36. The predicted molar refractivity (Wildman–Crippen MR) is 102 cm³/mol. The summed E-state index contributed by atoms with van der Waals surface area (Å²) in [6, 6.07) is 10.3. The number of anilines is 2. The zero-order valence-electron chi connectivity index (χ0n) is 15.3. The zero-order chi connectivity index (χ0) is 18.4. The van der Waals surface area contributed by atoms with Crippen LogP contribution in [0.3, 0.4) is 0 Å². The number of nitrogens with one attached hydrogen (secondary N) is 1. The molecule has 1 aliphatic heterocycles. The third-order valence-corrected chi connectivity index (χ3v) is 4.45. The minimum absolute atomic E-state index is 0.205. The molecule has 1 amide bonds. The van der Waals surface area contributed by atoms with E-state index in [1.807, 2.05) is 0 Å². The van der Waals surface area contributed by atoms with Gasteiger partial charge in [-0.15, -0.1) is 0 Å². The van der Waals surface area contributed by atoms with Crippen LogP contribution in [0.15, 0.2) is 36.7 Å². The molecule has 0 spiro atoms. The van der Waals surface area contributed by atoms with Crippen molar-refractivity contribution in [2.75, 3.05) is 56.2 Å². The maximum absolute atomic E-state index is 12.1. The number of hydrogen-bond donors (Lipinski definition) is 1. The largest absolute Gasteiger partial charge is 0.383 e. The van der Waals surface area contributed by atoms with Crippen molar-refractivity contribution < 1.29 is 9.53 Å². The van der Waals surface area contributed by atoms with E-state index in [1.165, 1.54) is 17.6 Å². The third kappa shape index (κ3) is 4.49. The molecule has 26 heavy (non-hydrogen) atoms. The van der Waals surface area contributed by atoms with Gasteiger partial charge in [0.15, 0.2) is 0 Å². The van der Waals surface area contributed by atoms with Gasteiger partial charge in [0.2, 0.25) is 0 Å². The van der Waals surface area contributed by atoms with Gasteiger partial charge in [-0.3, -0.25) is 4.79 Å². The summed E-state index contributed by atoms with van der Waals surface area (Å²) in [5, 5.41) is 2.78. The van der Waals surface area contributed by atoms with E-state index in [4.69, 9.17) is 4.74 Å². The Balaban J connectivity index is 1.61. The highest BCUT2D eigenvalue weighted by molar-refractivity contribution is 5.92. The number of piperazine rings is 1. The number of aryl methyl sites for hydroxylation is 1. The second-order valence-electron chi connectivity index (χ2n) is 6.32. The number of carbonyl (C=O) groups is 1. The number of carbonyl (C=O) groups excluding carboxylic acids is 1. The molecule has 0 saturated carbocycles. The molecule has 1 aromatic heterocycles. The van der Waals surface area contributed by atoms with Gasteiger partial charge in [0.25, 0.3) is 5.91 Å². The first kappa shape index (κ1) is 18.1. The summed E-state index contributed by atoms with van der Waals surface area (Å²) in [5.41, 5.74) is 2.91. The molecule has 0 radical (unpaired) electrons. The minimum atomic E-state index is -0.205.